The zero-order valence-corrected chi connectivity index (χ0v) is 10.4. The van der Waals surface area contributed by atoms with E-state index in [1.807, 2.05) is 6.26 Å². The van der Waals surface area contributed by atoms with Crippen molar-refractivity contribution in [3.8, 4) is 0 Å². The fourth-order valence-electron chi connectivity index (χ4n) is 1.37. The van der Waals surface area contributed by atoms with Crippen molar-refractivity contribution in [3.63, 3.8) is 0 Å². The molecular weight excluding hydrogens is 241 g/mol. The molecule has 0 saturated heterocycles. The summed E-state index contributed by atoms with van der Waals surface area (Å²) >= 11 is 1.74. The molecule has 0 radical (unpaired) electrons. The van der Waals surface area contributed by atoms with Crippen LogP contribution in [-0.4, -0.2) is 29.6 Å². The Morgan fingerprint density at radius 3 is 2.94 bits per heavy atom. The molecule has 1 aromatic rings. The fourth-order valence-corrected chi connectivity index (χ4v) is 1.71. The van der Waals surface area contributed by atoms with Crippen molar-refractivity contribution in [3.05, 3.63) is 35.1 Å². The Hall–Kier alpha value is -1.27. The van der Waals surface area contributed by atoms with Crippen LogP contribution in [0.1, 0.15) is 11.1 Å². The highest BCUT2D eigenvalue weighted by Gasteiger charge is 2.04. The quantitative estimate of drug-likeness (QED) is 0.237. The number of nitrogens with two attached hydrogens (primary N) is 1. The van der Waals surface area contributed by atoms with Gasteiger partial charge in [-0.15, -0.1) is 0 Å². The molecule has 1 rings (SSSR count). The normalized spacial score (nSPS) is 11.8. The summed E-state index contributed by atoms with van der Waals surface area (Å²) in [5, 5.41) is 14.6. The van der Waals surface area contributed by atoms with Crippen LogP contribution in [0.3, 0.4) is 0 Å². The van der Waals surface area contributed by atoms with Crippen molar-refractivity contribution in [1.82, 2.24) is 5.32 Å². The molecular formula is C11H16FN3OS. The highest BCUT2D eigenvalue weighted by atomic mass is 32.2. The minimum absolute atomic E-state index is 0.0881. The number of hydrogen-bond acceptors (Lipinski definition) is 4. The molecule has 6 heteroatoms. The van der Waals surface area contributed by atoms with Gasteiger partial charge in [-0.2, -0.15) is 11.8 Å². The van der Waals surface area contributed by atoms with E-state index in [-0.39, 0.29) is 5.84 Å². The third-order valence-electron chi connectivity index (χ3n) is 2.17. The molecule has 1 aromatic carbocycles. The van der Waals surface area contributed by atoms with Crippen molar-refractivity contribution >= 4 is 17.6 Å². The summed E-state index contributed by atoms with van der Waals surface area (Å²) in [5.41, 5.74) is 6.57. The minimum atomic E-state index is -0.393. The molecule has 0 aliphatic rings. The number of thioether (sulfide) groups is 1. The zero-order valence-electron chi connectivity index (χ0n) is 9.61. The number of oxime groups is 1. The SMILES string of the molecule is CSCCNCc1cc(F)cc(/C(N)=N/O)c1. The summed E-state index contributed by atoms with van der Waals surface area (Å²) in [5.74, 6) is 0.521. The van der Waals surface area contributed by atoms with Crippen LogP contribution in [-0.2, 0) is 6.54 Å². The molecule has 0 saturated carbocycles. The van der Waals surface area contributed by atoms with Crippen molar-refractivity contribution in [2.75, 3.05) is 18.6 Å². The number of nitrogens with one attached hydrogen (secondary N) is 1. The summed E-state index contributed by atoms with van der Waals surface area (Å²) in [4.78, 5) is 0. The number of halogens is 1. The molecule has 0 atom stereocenters. The molecule has 0 amide bonds. The molecule has 0 fully saturated rings. The van der Waals surface area contributed by atoms with Crippen LogP contribution < -0.4 is 11.1 Å². The number of nitrogens with zero attached hydrogens (tertiary/aromatic N) is 1. The van der Waals surface area contributed by atoms with E-state index in [9.17, 15) is 4.39 Å². The Bertz CT molecular complexity index is 398. The van der Waals surface area contributed by atoms with Crippen LogP contribution in [0.15, 0.2) is 23.4 Å². The van der Waals surface area contributed by atoms with Gasteiger partial charge in [0.15, 0.2) is 5.84 Å². The molecule has 0 heterocycles. The van der Waals surface area contributed by atoms with Crippen LogP contribution in [0.2, 0.25) is 0 Å². The van der Waals surface area contributed by atoms with E-state index in [2.05, 4.69) is 10.5 Å². The van der Waals surface area contributed by atoms with E-state index in [1.165, 1.54) is 12.1 Å². The van der Waals surface area contributed by atoms with E-state index >= 15 is 0 Å². The molecule has 0 aliphatic heterocycles. The number of amidine groups is 1. The van der Waals surface area contributed by atoms with Crippen LogP contribution in [0.4, 0.5) is 4.39 Å². The summed E-state index contributed by atoms with van der Waals surface area (Å²) in [6.07, 6.45) is 2.03. The summed E-state index contributed by atoms with van der Waals surface area (Å²) in [7, 11) is 0. The van der Waals surface area contributed by atoms with Gasteiger partial charge in [0.05, 0.1) is 0 Å². The average Bonchev–Trinajstić information content (AvgIpc) is 2.33. The second-order valence-electron chi connectivity index (χ2n) is 3.50. The first kappa shape index (κ1) is 13.8. The van der Waals surface area contributed by atoms with E-state index in [0.717, 1.165) is 17.9 Å². The van der Waals surface area contributed by atoms with Crippen molar-refractivity contribution in [1.29, 1.82) is 0 Å². The maximum absolute atomic E-state index is 13.3. The fraction of sp³-hybridized carbons (Fsp3) is 0.364. The van der Waals surface area contributed by atoms with Gasteiger partial charge in [0.25, 0.3) is 0 Å². The molecule has 17 heavy (non-hydrogen) atoms. The minimum Gasteiger partial charge on any atom is -0.409 e. The molecule has 0 unspecified atom stereocenters. The highest BCUT2D eigenvalue weighted by Crippen LogP contribution is 2.09. The molecule has 0 aromatic heterocycles. The van der Waals surface area contributed by atoms with Gasteiger partial charge in [-0.25, -0.2) is 4.39 Å². The Kier molecular flexibility index (Phi) is 5.79. The Balaban J connectivity index is 2.69. The molecule has 0 spiro atoms. The second-order valence-corrected chi connectivity index (χ2v) is 4.49. The number of benzene rings is 1. The third kappa shape index (κ3) is 4.62. The monoisotopic (exact) mass is 257 g/mol. The second kappa shape index (κ2) is 7.13. The van der Waals surface area contributed by atoms with E-state index in [0.29, 0.717) is 12.1 Å². The Labute approximate surface area is 104 Å². The van der Waals surface area contributed by atoms with Crippen LogP contribution in [0.25, 0.3) is 0 Å². The lowest BCUT2D eigenvalue weighted by Crippen LogP contribution is -2.18. The van der Waals surface area contributed by atoms with Crippen molar-refractivity contribution < 1.29 is 9.60 Å². The van der Waals surface area contributed by atoms with Gasteiger partial charge < -0.3 is 16.3 Å². The third-order valence-corrected chi connectivity index (χ3v) is 2.79. The lowest BCUT2D eigenvalue weighted by molar-refractivity contribution is 0.318. The van der Waals surface area contributed by atoms with E-state index < -0.39 is 5.82 Å². The molecule has 94 valence electrons. The van der Waals surface area contributed by atoms with Crippen molar-refractivity contribution in [2.45, 2.75) is 6.54 Å². The lowest BCUT2D eigenvalue weighted by atomic mass is 10.1. The first-order valence-corrected chi connectivity index (χ1v) is 6.53. The predicted octanol–water partition coefficient (Wildman–Crippen LogP) is 1.37. The van der Waals surface area contributed by atoms with E-state index in [4.69, 9.17) is 10.9 Å². The smallest absolute Gasteiger partial charge is 0.170 e. The largest absolute Gasteiger partial charge is 0.409 e. The summed E-state index contributed by atoms with van der Waals surface area (Å²) in [6, 6.07) is 4.37. The van der Waals surface area contributed by atoms with Gasteiger partial charge in [0, 0.05) is 24.4 Å². The molecule has 0 bridgehead atoms. The Morgan fingerprint density at radius 2 is 2.29 bits per heavy atom. The van der Waals surface area contributed by atoms with Gasteiger partial charge in [0.1, 0.15) is 5.82 Å². The average molecular weight is 257 g/mol. The molecule has 0 aliphatic carbocycles. The number of hydrogen-bond donors (Lipinski definition) is 3. The maximum atomic E-state index is 13.3. The molecule has 4 N–H and O–H groups in total. The topological polar surface area (TPSA) is 70.6 Å². The highest BCUT2D eigenvalue weighted by molar-refractivity contribution is 7.98. The van der Waals surface area contributed by atoms with Gasteiger partial charge in [-0.3, -0.25) is 0 Å². The lowest BCUT2D eigenvalue weighted by Gasteiger charge is -2.06. The zero-order chi connectivity index (χ0) is 12.7. The van der Waals surface area contributed by atoms with Crippen molar-refractivity contribution in [2.24, 2.45) is 10.9 Å². The maximum Gasteiger partial charge on any atom is 0.170 e. The predicted molar refractivity (Wildman–Crippen MR) is 69.0 cm³/mol. The molecule has 4 nitrogen and oxygen atoms in total. The standard InChI is InChI=1S/C11H16FN3OS/c1-17-3-2-14-7-8-4-9(11(13)15-16)6-10(12)5-8/h4-6,14,16H,2-3,7H2,1H3,(H2,13,15). The van der Waals surface area contributed by atoms with Gasteiger partial charge in [-0.1, -0.05) is 5.16 Å². The summed E-state index contributed by atoms with van der Waals surface area (Å²) < 4.78 is 13.3. The van der Waals surface area contributed by atoms with Crippen LogP contribution in [0, 0.1) is 5.82 Å². The first-order chi connectivity index (χ1) is 8.17. The summed E-state index contributed by atoms with van der Waals surface area (Å²) in [6.45, 7) is 1.42. The van der Waals surface area contributed by atoms with Crippen LogP contribution >= 0.6 is 11.8 Å². The van der Waals surface area contributed by atoms with Gasteiger partial charge in [-0.05, 0) is 30.0 Å². The van der Waals surface area contributed by atoms with E-state index in [1.54, 1.807) is 17.8 Å². The Morgan fingerprint density at radius 1 is 1.53 bits per heavy atom. The van der Waals surface area contributed by atoms with Gasteiger partial charge >= 0.3 is 0 Å². The van der Waals surface area contributed by atoms with Gasteiger partial charge in [0.2, 0.25) is 0 Å². The van der Waals surface area contributed by atoms with Crippen LogP contribution in [0.5, 0.6) is 0 Å². The first-order valence-electron chi connectivity index (χ1n) is 5.14. The number of rotatable bonds is 6.